The molecule has 0 amide bonds. The van der Waals surface area contributed by atoms with Crippen LogP contribution in [0.1, 0.15) is 0 Å². The second-order valence-electron chi connectivity index (χ2n) is 11.3. The van der Waals surface area contributed by atoms with Gasteiger partial charge in [0.05, 0.1) is 22.1 Å². The molecule has 194 valence electrons. The quantitative estimate of drug-likeness (QED) is 0.210. The summed E-state index contributed by atoms with van der Waals surface area (Å²) < 4.78 is 4.86. The number of fused-ring (bicyclic) bond motifs is 6. The van der Waals surface area contributed by atoms with Crippen LogP contribution in [0.25, 0.3) is 88.0 Å². The molecule has 7 aromatic carbocycles. The Labute approximate surface area is 242 Å². The van der Waals surface area contributed by atoms with E-state index in [9.17, 15) is 0 Å². The third kappa shape index (κ3) is 2.74. The van der Waals surface area contributed by atoms with Crippen molar-refractivity contribution in [2.24, 2.45) is 0 Å². The fraction of sp³-hybridized carbons (Fsp3) is 0. The lowest BCUT2D eigenvalue weighted by atomic mass is 9.91. The van der Waals surface area contributed by atoms with Crippen molar-refractivity contribution >= 4 is 54.4 Å². The van der Waals surface area contributed by atoms with Gasteiger partial charge < -0.3 is 9.13 Å². The highest BCUT2D eigenvalue weighted by atomic mass is 15.0. The number of para-hydroxylation sites is 3. The van der Waals surface area contributed by atoms with Crippen molar-refractivity contribution < 1.29 is 0 Å². The highest BCUT2D eigenvalue weighted by Gasteiger charge is 2.26. The molecule has 0 aliphatic heterocycles. The molecule has 0 saturated carbocycles. The highest BCUT2D eigenvalue weighted by molar-refractivity contribution is 6.31. The maximum absolute atomic E-state index is 2.45. The summed E-state index contributed by atoms with van der Waals surface area (Å²) >= 11 is 0. The van der Waals surface area contributed by atoms with Crippen LogP contribution < -0.4 is 0 Å². The van der Waals surface area contributed by atoms with Crippen molar-refractivity contribution in [3.8, 4) is 33.6 Å². The molecule has 2 heterocycles. The van der Waals surface area contributed by atoms with E-state index in [1.807, 2.05) is 0 Å². The minimum Gasteiger partial charge on any atom is -0.309 e. The summed E-state index contributed by atoms with van der Waals surface area (Å²) in [5.41, 5.74) is 12.5. The topological polar surface area (TPSA) is 9.86 Å². The molecule has 2 nitrogen and oxygen atoms in total. The third-order valence-corrected chi connectivity index (χ3v) is 9.22. The first-order chi connectivity index (χ1) is 20.9. The molecule has 0 spiro atoms. The van der Waals surface area contributed by atoms with Crippen LogP contribution >= 0.6 is 0 Å². The van der Waals surface area contributed by atoms with Gasteiger partial charge in [0, 0.05) is 32.9 Å². The second kappa shape index (κ2) is 7.99. The van der Waals surface area contributed by atoms with Crippen LogP contribution in [0, 0.1) is 0 Å². The number of hydrogen-bond donors (Lipinski definition) is 0. The fourth-order valence-electron chi connectivity index (χ4n) is 7.55. The lowest BCUT2D eigenvalue weighted by Crippen LogP contribution is -1.95. The van der Waals surface area contributed by atoms with E-state index in [0.29, 0.717) is 0 Å². The summed E-state index contributed by atoms with van der Waals surface area (Å²) in [6.45, 7) is 0. The number of benzene rings is 7. The Morgan fingerprint density at radius 1 is 0.310 bits per heavy atom. The third-order valence-electron chi connectivity index (χ3n) is 9.22. The average Bonchev–Trinajstić information content (AvgIpc) is 3.53. The molecular weight excluding hydrogens is 508 g/mol. The van der Waals surface area contributed by atoms with Crippen LogP contribution in [0.2, 0.25) is 0 Å². The van der Waals surface area contributed by atoms with Gasteiger partial charge in [-0.1, -0.05) is 91.0 Å². The highest BCUT2D eigenvalue weighted by Crippen LogP contribution is 2.51. The van der Waals surface area contributed by atoms with Crippen molar-refractivity contribution in [1.29, 1.82) is 0 Å². The first kappa shape index (κ1) is 22.1. The number of hydrogen-bond acceptors (Lipinski definition) is 0. The summed E-state index contributed by atoms with van der Waals surface area (Å²) in [5, 5.41) is 7.85. The first-order valence-corrected chi connectivity index (χ1v) is 14.5. The predicted octanol–water partition coefficient (Wildman–Crippen LogP) is 10.7. The molecule has 1 aliphatic carbocycles. The van der Waals surface area contributed by atoms with Gasteiger partial charge in [-0.25, -0.2) is 0 Å². The number of rotatable bonds is 2. The van der Waals surface area contributed by atoms with E-state index in [4.69, 9.17) is 0 Å². The SMILES string of the molecule is c1ccc(-n2c3ccccc3c3cc4c(cc32)-c2cccc3c2c2c5c-4cccc5ccc2n3-c2ccccc2)cc1. The normalized spacial score (nSPS) is 12.3. The minimum absolute atomic E-state index is 1.18. The van der Waals surface area contributed by atoms with Gasteiger partial charge in [-0.3, -0.25) is 0 Å². The largest absolute Gasteiger partial charge is 0.309 e. The van der Waals surface area contributed by atoms with Crippen molar-refractivity contribution in [1.82, 2.24) is 9.13 Å². The lowest BCUT2D eigenvalue weighted by molar-refractivity contribution is 1.18. The van der Waals surface area contributed by atoms with E-state index in [1.54, 1.807) is 0 Å². The smallest absolute Gasteiger partial charge is 0.0547 e. The molecule has 2 heteroatoms. The summed E-state index contributed by atoms with van der Waals surface area (Å²) in [6.07, 6.45) is 0. The van der Waals surface area contributed by atoms with Gasteiger partial charge in [0.1, 0.15) is 0 Å². The summed E-state index contributed by atoms with van der Waals surface area (Å²) in [4.78, 5) is 0. The summed E-state index contributed by atoms with van der Waals surface area (Å²) in [5.74, 6) is 0. The summed E-state index contributed by atoms with van der Waals surface area (Å²) in [7, 11) is 0. The average molecular weight is 533 g/mol. The number of aromatic nitrogens is 2. The Morgan fingerprint density at radius 3 is 1.69 bits per heavy atom. The Bertz CT molecular complexity index is 2550. The Kier molecular flexibility index (Phi) is 4.21. The molecule has 2 aromatic heterocycles. The summed E-state index contributed by atoms with van der Waals surface area (Å²) in [6, 6.07) is 53.5. The molecule has 0 bridgehead atoms. The lowest BCUT2D eigenvalue weighted by Gasteiger charge is -2.15. The van der Waals surface area contributed by atoms with Crippen LogP contribution in [0.4, 0.5) is 0 Å². The first-order valence-electron chi connectivity index (χ1n) is 14.5. The van der Waals surface area contributed by atoms with E-state index in [-0.39, 0.29) is 0 Å². The fourth-order valence-corrected chi connectivity index (χ4v) is 7.55. The van der Waals surface area contributed by atoms with Crippen LogP contribution in [-0.4, -0.2) is 9.13 Å². The molecule has 42 heavy (non-hydrogen) atoms. The van der Waals surface area contributed by atoms with Crippen LogP contribution in [0.15, 0.2) is 146 Å². The molecule has 0 saturated heterocycles. The van der Waals surface area contributed by atoms with Crippen molar-refractivity contribution in [2.75, 3.05) is 0 Å². The molecule has 10 rings (SSSR count). The standard InChI is InChI=1S/C40H24N2/c1-3-12-26(13-4-1)41-34-19-8-7-16-28(34)33-23-31-29-17-9-11-25-21-22-36-40(38(25)29)39-30(32(31)24-37(33)41)18-10-20-35(39)42(36)27-14-5-2-6-15-27/h1-24H. The van der Waals surface area contributed by atoms with Gasteiger partial charge in [0.15, 0.2) is 0 Å². The monoisotopic (exact) mass is 532 g/mol. The van der Waals surface area contributed by atoms with E-state index in [2.05, 4.69) is 155 Å². The maximum Gasteiger partial charge on any atom is 0.0547 e. The van der Waals surface area contributed by atoms with Gasteiger partial charge in [-0.15, -0.1) is 0 Å². The molecule has 0 atom stereocenters. The molecule has 0 unspecified atom stereocenters. The predicted molar refractivity (Wildman–Crippen MR) is 177 cm³/mol. The molecule has 9 aromatic rings. The Hall–Kier alpha value is -5.60. The zero-order chi connectivity index (χ0) is 27.4. The Morgan fingerprint density at radius 2 is 0.905 bits per heavy atom. The van der Waals surface area contributed by atoms with E-state index in [0.717, 1.165) is 0 Å². The van der Waals surface area contributed by atoms with Gasteiger partial charge >= 0.3 is 0 Å². The van der Waals surface area contributed by atoms with Crippen LogP contribution in [0.3, 0.4) is 0 Å². The van der Waals surface area contributed by atoms with Gasteiger partial charge in [0.25, 0.3) is 0 Å². The molecular formula is C40H24N2. The zero-order valence-corrected chi connectivity index (χ0v) is 22.8. The minimum atomic E-state index is 1.18. The van der Waals surface area contributed by atoms with Crippen LogP contribution in [0.5, 0.6) is 0 Å². The van der Waals surface area contributed by atoms with Crippen molar-refractivity contribution in [3.05, 3.63) is 146 Å². The maximum atomic E-state index is 2.45. The Balaban J connectivity index is 1.44. The van der Waals surface area contributed by atoms with E-state index >= 15 is 0 Å². The molecule has 0 N–H and O–H groups in total. The molecule has 0 fully saturated rings. The van der Waals surface area contributed by atoms with Crippen molar-refractivity contribution in [2.45, 2.75) is 0 Å². The van der Waals surface area contributed by atoms with Gasteiger partial charge in [-0.05, 0) is 87.6 Å². The van der Waals surface area contributed by atoms with E-state index in [1.165, 1.54) is 88.0 Å². The van der Waals surface area contributed by atoms with Gasteiger partial charge in [-0.2, -0.15) is 0 Å². The van der Waals surface area contributed by atoms with Crippen LogP contribution in [-0.2, 0) is 0 Å². The molecule has 1 aliphatic rings. The zero-order valence-electron chi connectivity index (χ0n) is 22.8. The molecule has 0 radical (unpaired) electrons. The van der Waals surface area contributed by atoms with E-state index < -0.39 is 0 Å². The number of nitrogens with zero attached hydrogens (tertiary/aromatic N) is 2. The van der Waals surface area contributed by atoms with Crippen molar-refractivity contribution in [3.63, 3.8) is 0 Å². The second-order valence-corrected chi connectivity index (χ2v) is 11.3. The van der Waals surface area contributed by atoms with Gasteiger partial charge in [0.2, 0.25) is 0 Å².